The number of hydrogen-bond acceptors (Lipinski definition) is 4. The van der Waals surface area contributed by atoms with E-state index >= 15 is 0 Å². The van der Waals surface area contributed by atoms with Gasteiger partial charge in [0.15, 0.2) is 0 Å². The van der Waals surface area contributed by atoms with Crippen LogP contribution >= 0.6 is 0 Å². The van der Waals surface area contributed by atoms with Crippen LogP contribution in [0, 0.1) is 5.92 Å². The number of aliphatic hydroxyl groups is 1. The summed E-state index contributed by atoms with van der Waals surface area (Å²) in [4.78, 5) is 4.38. The molecule has 17 heavy (non-hydrogen) atoms. The van der Waals surface area contributed by atoms with Gasteiger partial charge in [0.1, 0.15) is 6.04 Å². The summed E-state index contributed by atoms with van der Waals surface area (Å²) in [7, 11) is 1.65. The molecule has 1 saturated heterocycles. The van der Waals surface area contributed by atoms with Crippen molar-refractivity contribution in [3.05, 3.63) is 0 Å². The SMILES string of the molecule is CC=NC1C(CCC)OC(C)C(COC)C1O. The van der Waals surface area contributed by atoms with Crippen molar-refractivity contribution in [1.29, 1.82) is 0 Å². The van der Waals surface area contributed by atoms with Gasteiger partial charge in [0.2, 0.25) is 0 Å². The Morgan fingerprint density at radius 1 is 1.47 bits per heavy atom. The van der Waals surface area contributed by atoms with Crippen LogP contribution in [0.25, 0.3) is 0 Å². The highest BCUT2D eigenvalue weighted by atomic mass is 16.5. The molecule has 1 aliphatic rings. The van der Waals surface area contributed by atoms with E-state index in [1.54, 1.807) is 13.3 Å². The molecule has 5 unspecified atom stereocenters. The second-order valence-electron chi connectivity index (χ2n) is 4.68. The lowest BCUT2D eigenvalue weighted by atomic mass is 9.85. The van der Waals surface area contributed by atoms with Gasteiger partial charge in [0.25, 0.3) is 0 Å². The number of ether oxygens (including phenoxy) is 2. The quantitative estimate of drug-likeness (QED) is 0.747. The van der Waals surface area contributed by atoms with Gasteiger partial charge < -0.3 is 14.6 Å². The Morgan fingerprint density at radius 3 is 2.71 bits per heavy atom. The number of aliphatic hydroxyl groups excluding tert-OH is 1. The first-order chi connectivity index (χ1) is 8.15. The highest BCUT2D eigenvalue weighted by molar-refractivity contribution is 5.53. The molecule has 5 atom stereocenters. The predicted octanol–water partition coefficient (Wildman–Crippen LogP) is 1.66. The monoisotopic (exact) mass is 243 g/mol. The lowest BCUT2D eigenvalue weighted by Crippen LogP contribution is -2.54. The molecule has 0 aliphatic carbocycles. The largest absolute Gasteiger partial charge is 0.390 e. The van der Waals surface area contributed by atoms with Gasteiger partial charge in [0.05, 0.1) is 24.9 Å². The van der Waals surface area contributed by atoms with E-state index < -0.39 is 6.10 Å². The standard InChI is InChI=1S/C13H25NO3/c1-5-7-11-12(14-6-2)13(15)10(8-16-4)9(3)17-11/h6,9-13,15H,5,7-8H2,1-4H3. The van der Waals surface area contributed by atoms with E-state index in [4.69, 9.17) is 9.47 Å². The van der Waals surface area contributed by atoms with Gasteiger partial charge in [-0.3, -0.25) is 4.99 Å². The van der Waals surface area contributed by atoms with E-state index in [9.17, 15) is 5.11 Å². The fraction of sp³-hybridized carbons (Fsp3) is 0.923. The lowest BCUT2D eigenvalue weighted by molar-refractivity contribution is -0.154. The van der Waals surface area contributed by atoms with Crippen LogP contribution in [0.1, 0.15) is 33.6 Å². The minimum Gasteiger partial charge on any atom is -0.390 e. The summed E-state index contributed by atoms with van der Waals surface area (Å²) < 4.78 is 11.1. The zero-order valence-electron chi connectivity index (χ0n) is 11.3. The van der Waals surface area contributed by atoms with Gasteiger partial charge in [-0.2, -0.15) is 0 Å². The summed E-state index contributed by atoms with van der Waals surface area (Å²) in [6.45, 7) is 6.51. The predicted molar refractivity (Wildman–Crippen MR) is 68.6 cm³/mol. The van der Waals surface area contributed by atoms with Gasteiger partial charge in [-0.15, -0.1) is 0 Å². The van der Waals surface area contributed by atoms with Crippen molar-refractivity contribution in [3.8, 4) is 0 Å². The normalized spacial score (nSPS) is 38.8. The maximum absolute atomic E-state index is 10.4. The molecule has 0 amide bonds. The Kier molecular flexibility index (Phi) is 6.09. The van der Waals surface area contributed by atoms with E-state index in [-0.39, 0.29) is 24.2 Å². The minimum atomic E-state index is -0.480. The van der Waals surface area contributed by atoms with E-state index in [1.165, 1.54) is 0 Å². The number of nitrogens with zero attached hydrogens (tertiary/aromatic N) is 1. The zero-order valence-corrected chi connectivity index (χ0v) is 11.3. The number of aliphatic imine (C=N–C) groups is 1. The molecular formula is C13H25NO3. The Labute approximate surface area is 104 Å². The van der Waals surface area contributed by atoms with Crippen LogP contribution in [0.4, 0.5) is 0 Å². The summed E-state index contributed by atoms with van der Waals surface area (Å²) in [5, 5.41) is 10.4. The summed E-state index contributed by atoms with van der Waals surface area (Å²) in [6.07, 6.45) is 3.28. The van der Waals surface area contributed by atoms with E-state index in [2.05, 4.69) is 11.9 Å². The average molecular weight is 243 g/mol. The van der Waals surface area contributed by atoms with Crippen LogP contribution in [0.3, 0.4) is 0 Å². The second kappa shape index (κ2) is 7.09. The molecule has 1 N–H and O–H groups in total. The third-order valence-corrected chi connectivity index (χ3v) is 3.42. The third kappa shape index (κ3) is 3.50. The molecule has 0 bridgehead atoms. The molecule has 1 aliphatic heterocycles. The fourth-order valence-electron chi connectivity index (χ4n) is 2.51. The van der Waals surface area contributed by atoms with Crippen LogP contribution in [0.5, 0.6) is 0 Å². The molecule has 0 aromatic heterocycles. The van der Waals surface area contributed by atoms with Gasteiger partial charge >= 0.3 is 0 Å². The maximum Gasteiger partial charge on any atom is 0.102 e. The van der Waals surface area contributed by atoms with Crippen LogP contribution in [0.15, 0.2) is 4.99 Å². The van der Waals surface area contributed by atoms with E-state index in [0.717, 1.165) is 12.8 Å². The Balaban J connectivity index is 2.79. The first kappa shape index (κ1) is 14.6. The third-order valence-electron chi connectivity index (χ3n) is 3.42. The molecule has 0 saturated carbocycles. The van der Waals surface area contributed by atoms with Crippen molar-refractivity contribution < 1.29 is 14.6 Å². The minimum absolute atomic E-state index is 0.00167. The summed E-state index contributed by atoms with van der Waals surface area (Å²) in [6, 6.07) is -0.156. The first-order valence-corrected chi connectivity index (χ1v) is 6.45. The topological polar surface area (TPSA) is 51.0 Å². The molecular weight excluding hydrogens is 218 g/mol. The lowest BCUT2D eigenvalue weighted by Gasteiger charge is -2.42. The maximum atomic E-state index is 10.4. The molecule has 100 valence electrons. The highest BCUT2D eigenvalue weighted by Crippen LogP contribution is 2.30. The molecule has 4 nitrogen and oxygen atoms in total. The van der Waals surface area contributed by atoms with Gasteiger partial charge in [0, 0.05) is 13.0 Å². The molecule has 0 aromatic carbocycles. The van der Waals surface area contributed by atoms with Crippen LogP contribution in [0.2, 0.25) is 0 Å². The van der Waals surface area contributed by atoms with Crippen molar-refractivity contribution in [2.45, 2.75) is 58.0 Å². The highest BCUT2D eigenvalue weighted by Gasteiger charge is 2.42. The van der Waals surface area contributed by atoms with Crippen molar-refractivity contribution in [3.63, 3.8) is 0 Å². The molecule has 4 heteroatoms. The Bertz CT molecular complexity index is 245. The molecule has 0 radical (unpaired) electrons. The van der Waals surface area contributed by atoms with Crippen LogP contribution < -0.4 is 0 Å². The summed E-state index contributed by atoms with van der Waals surface area (Å²) in [5.41, 5.74) is 0. The number of hydrogen-bond donors (Lipinski definition) is 1. The van der Waals surface area contributed by atoms with Crippen molar-refractivity contribution in [2.75, 3.05) is 13.7 Å². The van der Waals surface area contributed by atoms with Crippen molar-refractivity contribution >= 4 is 6.21 Å². The molecule has 0 aromatic rings. The molecule has 1 heterocycles. The number of rotatable bonds is 5. The van der Waals surface area contributed by atoms with Crippen LogP contribution in [-0.4, -0.2) is 49.4 Å². The molecule has 1 rings (SSSR count). The fourth-order valence-corrected chi connectivity index (χ4v) is 2.51. The Morgan fingerprint density at radius 2 is 2.18 bits per heavy atom. The van der Waals surface area contributed by atoms with E-state index in [0.29, 0.717) is 6.61 Å². The van der Waals surface area contributed by atoms with Gasteiger partial charge in [-0.25, -0.2) is 0 Å². The van der Waals surface area contributed by atoms with Gasteiger partial charge in [-0.05, 0) is 26.5 Å². The van der Waals surface area contributed by atoms with Crippen LogP contribution in [-0.2, 0) is 9.47 Å². The molecule has 1 fully saturated rings. The smallest absolute Gasteiger partial charge is 0.102 e. The average Bonchev–Trinajstić information content (AvgIpc) is 2.30. The summed E-state index contributed by atoms with van der Waals surface area (Å²) >= 11 is 0. The zero-order chi connectivity index (χ0) is 12.8. The van der Waals surface area contributed by atoms with Crippen molar-refractivity contribution in [1.82, 2.24) is 0 Å². The van der Waals surface area contributed by atoms with Gasteiger partial charge in [-0.1, -0.05) is 13.3 Å². The van der Waals surface area contributed by atoms with Crippen molar-refractivity contribution in [2.24, 2.45) is 10.9 Å². The number of methoxy groups -OCH3 is 1. The molecule has 0 spiro atoms. The first-order valence-electron chi connectivity index (χ1n) is 6.45. The summed E-state index contributed by atoms with van der Waals surface area (Å²) in [5.74, 6) is 0.00167. The van der Waals surface area contributed by atoms with E-state index in [1.807, 2.05) is 13.8 Å². The second-order valence-corrected chi connectivity index (χ2v) is 4.68. The Hall–Kier alpha value is -0.450.